The molecule has 20 heavy (non-hydrogen) atoms. The fourth-order valence-corrected chi connectivity index (χ4v) is 1.39. The van der Waals surface area contributed by atoms with Gasteiger partial charge >= 0.3 is 0 Å². The Morgan fingerprint density at radius 1 is 0.950 bits per heavy atom. The third-order valence-electron chi connectivity index (χ3n) is 2.22. The number of thiocarbonyl (C=S) groups is 1. The van der Waals surface area contributed by atoms with Crippen molar-refractivity contribution < 1.29 is 4.74 Å². The highest BCUT2D eigenvalue weighted by Gasteiger charge is 1.95. The normalized spacial score (nSPS) is 8.35. The molecule has 0 saturated carbocycles. The van der Waals surface area contributed by atoms with Crippen LogP contribution in [-0.4, -0.2) is 25.0 Å². The molecule has 4 nitrogen and oxygen atoms in total. The summed E-state index contributed by atoms with van der Waals surface area (Å²) in [6.07, 6.45) is 4.59. The summed E-state index contributed by atoms with van der Waals surface area (Å²) in [6.45, 7) is 0. The van der Waals surface area contributed by atoms with E-state index in [1.807, 2.05) is 36.4 Å². The molecular formula is C15H27N3OS. The first-order chi connectivity index (χ1) is 9.66. The van der Waals surface area contributed by atoms with Crippen molar-refractivity contribution in [3.05, 3.63) is 36.4 Å². The number of benzene rings is 1. The Hall–Kier alpha value is -1.46. The lowest BCUT2D eigenvalue weighted by atomic mass is 10.1. The molecule has 5 N–H and O–H groups in total. The van der Waals surface area contributed by atoms with Gasteiger partial charge < -0.3 is 16.2 Å². The van der Waals surface area contributed by atoms with Gasteiger partial charge in [-0.15, -0.1) is 0 Å². The van der Waals surface area contributed by atoms with E-state index in [4.69, 9.17) is 28.1 Å². The molecule has 0 unspecified atom stereocenters. The van der Waals surface area contributed by atoms with E-state index in [0.29, 0.717) is 11.5 Å². The second kappa shape index (κ2) is 17.5. The van der Waals surface area contributed by atoms with Gasteiger partial charge in [0.1, 0.15) is 0 Å². The van der Waals surface area contributed by atoms with E-state index in [1.165, 1.54) is 7.05 Å². The first kappa shape index (κ1) is 20.8. The van der Waals surface area contributed by atoms with E-state index < -0.39 is 0 Å². The largest absolute Gasteiger partial charge is 0.490 e. The fourth-order valence-electron chi connectivity index (χ4n) is 1.25. The fraction of sp³-hybridized carbons (Fsp3) is 0.467. The summed E-state index contributed by atoms with van der Waals surface area (Å²) in [7, 11) is 3.10. The molecule has 0 saturated heterocycles. The lowest BCUT2D eigenvalue weighted by Crippen LogP contribution is -2.08. The molecule has 5 heteroatoms. The van der Waals surface area contributed by atoms with Gasteiger partial charge in [-0.1, -0.05) is 42.8 Å². The van der Waals surface area contributed by atoms with Gasteiger partial charge in [0, 0.05) is 12.8 Å². The van der Waals surface area contributed by atoms with Crippen molar-refractivity contribution in [2.24, 2.45) is 11.5 Å². The molecule has 0 aliphatic heterocycles. The maximum Gasteiger partial charge on any atom is 0.159 e. The summed E-state index contributed by atoms with van der Waals surface area (Å²) in [6, 6.07) is 12.0. The molecule has 0 heterocycles. The van der Waals surface area contributed by atoms with E-state index in [0.717, 1.165) is 25.7 Å². The minimum Gasteiger partial charge on any atom is -0.490 e. The second-order valence-corrected chi connectivity index (χ2v) is 4.27. The predicted octanol–water partition coefficient (Wildman–Crippen LogP) is 3.11. The average Bonchev–Trinajstić information content (AvgIpc) is 2.50. The van der Waals surface area contributed by atoms with Crippen LogP contribution < -0.4 is 11.5 Å². The molecular weight excluding hydrogens is 270 g/mol. The van der Waals surface area contributed by atoms with Gasteiger partial charge in [0.15, 0.2) is 5.05 Å². The molecule has 0 atom stereocenters. The Balaban J connectivity index is 0. The van der Waals surface area contributed by atoms with Gasteiger partial charge in [0.05, 0.1) is 12.9 Å². The Morgan fingerprint density at radius 3 is 1.70 bits per heavy atom. The summed E-state index contributed by atoms with van der Waals surface area (Å²) in [5.74, 6) is 0.268. The van der Waals surface area contributed by atoms with Gasteiger partial charge in [-0.05, 0) is 32.1 Å². The molecule has 0 amide bonds. The van der Waals surface area contributed by atoms with Crippen LogP contribution in [0.3, 0.4) is 0 Å². The predicted molar refractivity (Wildman–Crippen MR) is 91.2 cm³/mol. The van der Waals surface area contributed by atoms with Gasteiger partial charge in [0.25, 0.3) is 0 Å². The molecule has 0 aliphatic rings. The number of nitrogens with one attached hydrogen (secondary N) is 1. The Bertz CT molecular complexity index is 304. The lowest BCUT2D eigenvalue weighted by molar-refractivity contribution is 0.399. The van der Waals surface area contributed by atoms with Gasteiger partial charge in [-0.2, -0.15) is 0 Å². The molecule has 0 aliphatic carbocycles. The topological polar surface area (TPSA) is 85.1 Å². The van der Waals surface area contributed by atoms with Crippen molar-refractivity contribution in [2.45, 2.75) is 32.1 Å². The van der Waals surface area contributed by atoms with Crippen LogP contribution in [0.5, 0.6) is 0 Å². The smallest absolute Gasteiger partial charge is 0.159 e. The molecule has 0 spiro atoms. The zero-order chi connectivity index (χ0) is 15.6. The lowest BCUT2D eigenvalue weighted by Gasteiger charge is -2.01. The average molecular weight is 297 g/mol. The molecule has 0 aromatic heterocycles. The van der Waals surface area contributed by atoms with E-state index in [-0.39, 0.29) is 5.84 Å². The Labute approximate surface area is 128 Å². The van der Waals surface area contributed by atoms with Crippen molar-refractivity contribution in [1.82, 2.24) is 0 Å². The number of nitrogens with two attached hydrogens (primary N) is 2. The van der Waals surface area contributed by atoms with E-state index >= 15 is 0 Å². The van der Waals surface area contributed by atoms with Crippen LogP contribution in [0.4, 0.5) is 0 Å². The number of hydrogen-bond acceptors (Lipinski definition) is 4. The van der Waals surface area contributed by atoms with Crippen LogP contribution in [0.2, 0.25) is 0 Å². The van der Waals surface area contributed by atoms with Crippen LogP contribution in [-0.2, 0) is 4.74 Å². The monoisotopic (exact) mass is 297 g/mol. The number of methoxy groups -OCH3 is 1. The first-order valence-electron chi connectivity index (χ1n) is 6.64. The van der Waals surface area contributed by atoms with Crippen molar-refractivity contribution in [2.75, 3.05) is 14.2 Å². The van der Waals surface area contributed by atoms with Crippen molar-refractivity contribution in [3.8, 4) is 0 Å². The van der Waals surface area contributed by atoms with Gasteiger partial charge in [-0.25, -0.2) is 0 Å². The van der Waals surface area contributed by atoms with E-state index in [2.05, 4.69) is 5.73 Å². The van der Waals surface area contributed by atoms with Crippen LogP contribution in [0, 0.1) is 5.41 Å². The number of hydrogen-bond donors (Lipinski definition) is 3. The second-order valence-electron chi connectivity index (χ2n) is 3.82. The molecule has 0 radical (unpaired) electrons. The quantitative estimate of drug-likeness (QED) is 0.326. The highest BCUT2D eigenvalue weighted by atomic mass is 32.1. The third-order valence-corrected chi connectivity index (χ3v) is 2.59. The van der Waals surface area contributed by atoms with E-state index in [1.54, 1.807) is 7.11 Å². The Kier molecular flexibility index (Phi) is 18.3. The van der Waals surface area contributed by atoms with Gasteiger partial charge in [-0.3, -0.25) is 5.41 Å². The summed E-state index contributed by atoms with van der Waals surface area (Å²) in [4.78, 5) is 0. The molecule has 1 aromatic carbocycles. The summed E-state index contributed by atoms with van der Waals surface area (Å²) in [5, 5.41) is 7.64. The molecule has 0 fully saturated rings. The Morgan fingerprint density at radius 2 is 1.35 bits per heavy atom. The number of rotatable bonds is 6. The summed E-state index contributed by atoms with van der Waals surface area (Å²) < 4.78 is 4.84. The zero-order valence-electron chi connectivity index (χ0n) is 12.5. The molecule has 0 bridgehead atoms. The first-order valence-corrected chi connectivity index (χ1v) is 7.05. The summed E-state index contributed by atoms with van der Waals surface area (Å²) >= 11 is 4.87. The van der Waals surface area contributed by atoms with Crippen LogP contribution >= 0.6 is 12.2 Å². The van der Waals surface area contributed by atoms with Crippen molar-refractivity contribution >= 4 is 23.1 Å². The third kappa shape index (κ3) is 18.9. The molecule has 1 rings (SSSR count). The van der Waals surface area contributed by atoms with Crippen LogP contribution in [0.15, 0.2) is 36.4 Å². The zero-order valence-corrected chi connectivity index (χ0v) is 13.3. The van der Waals surface area contributed by atoms with Crippen molar-refractivity contribution in [1.29, 1.82) is 5.41 Å². The minimum atomic E-state index is 0.268. The minimum absolute atomic E-state index is 0.268. The number of ether oxygens (including phenoxy) is 1. The van der Waals surface area contributed by atoms with Gasteiger partial charge in [0.2, 0.25) is 0 Å². The maximum absolute atomic E-state index is 6.98. The number of amidine groups is 1. The highest BCUT2D eigenvalue weighted by Crippen LogP contribution is 2.04. The molecule has 114 valence electrons. The standard InChI is InChI=1S/C8H16N2OS.C6H6.CH5N/c1-11-8(12)6-4-2-3-5-7(9)10;1-2-4-6-5-3-1;1-2/h2-6H2,1H3,(H3,9,10);1-6H;2H2,1H3. The van der Waals surface area contributed by atoms with E-state index in [9.17, 15) is 0 Å². The van der Waals surface area contributed by atoms with Crippen molar-refractivity contribution in [3.63, 3.8) is 0 Å². The number of unbranched alkanes of at least 4 members (excludes halogenated alkanes) is 2. The SMILES string of the molecule is CN.COC(=S)CCCCCC(=N)N.c1ccccc1. The van der Waals surface area contributed by atoms with Crippen LogP contribution in [0.25, 0.3) is 0 Å². The van der Waals surface area contributed by atoms with Crippen LogP contribution in [0.1, 0.15) is 32.1 Å². The maximum atomic E-state index is 6.98. The summed E-state index contributed by atoms with van der Waals surface area (Å²) in [5.41, 5.74) is 9.69. The molecule has 1 aromatic rings. The highest BCUT2D eigenvalue weighted by molar-refractivity contribution is 7.80.